The number of nitrogens with one attached hydrogen (secondary N) is 1. The fraction of sp³-hybridized carbons (Fsp3) is 0.208. The Bertz CT molecular complexity index is 1390. The lowest BCUT2D eigenvalue weighted by molar-refractivity contribution is -0.386. The highest BCUT2D eigenvalue weighted by molar-refractivity contribution is 6.30. The maximum Gasteiger partial charge on any atom is 0.312 e. The molecule has 9 nitrogen and oxygen atoms in total. The van der Waals surface area contributed by atoms with Gasteiger partial charge in [0.05, 0.1) is 18.0 Å². The molecule has 0 spiro atoms. The normalized spacial score (nSPS) is 10.9. The summed E-state index contributed by atoms with van der Waals surface area (Å²) in [6, 6.07) is 16.4. The fourth-order valence-electron chi connectivity index (χ4n) is 3.82. The number of aromatic nitrogens is 4. The van der Waals surface area contributed by atoms with Gasteiger partial charge < -0.3 is 5.32 Å². The number of benzene rings is 2. The van der Waals surface area contributed by atoms with Crippen molar-refractivity contribution >= 4 is 29.0 Å². The summed E-state index contributed by atoms with van der Waals surface area (Å²) in [5, 5.41) is 23.5. The molecule has 2 aromatic heterocycles. The van der Waals surface area contributed by atoms with E-state index in [1.807, 2.05) is 37.3 Å². The van der Waals surface area contributed by atoms with Crippen molar-refractivity contribution in [2.24, 2.45) is 0 Å². The van der Waals surface area contributed by atoms with Crippen molar-refractivity contribution in [3.8, 4) is 0 Å². The van der Waals surface area contributed by atoms with Crippen molar-refractivity contribution in [3.63, 3.8) is 0 Å². The Labute approximate surface area is 201 Å². The molecule has 0 aliphatic heterocycles. The molecule has 10 heteroatoms. The van der Waals surface area contributed by atoms with Crippen LogP contribution in [0.3, 0.4) is 0 Å². The van der Waals surface area contributed by atoms with Gasteiger partial charge in [0, 0.05) is 22.3 Å². The number of hydrogen-bond acceptors (Lipinski definition) is 5. The summed E-state index contributed by atoms with van der Waals surface area (Å²) in [6.45, 7) is 6.04. The summed E-state index contributed by atoms with van der Waals surface area (Å²) in [4.78, 5) is 23.7. The maximum absolute atomic E-state index is 12.9. The average Bonchev–Trinajstić information content (AvgIpc) is 3.25. The van der Waals surface area contributed by atoms with E-state index >= 15 is 0 Å². The standard InChI is InChI=1S/C24H23ClN6O3/c1-15-10-22(28-29(15)13-19-7-5-9-21(25)12-19)26-24(32)20-8-4-6-18(11-20)14-30-17(3)23(31(33)34)16(2)27-30/h4-12H,13-14H2,1-3H3,(H,26,28,32). The van der Waals surface area contributed by atoms with Gasteiger partial charge in [0.2, 0.25) is 0 Å². The van der Waals surface area contributed by atoms with Gasteiger partial charge in [0.15, 0.2) is 5.82 Å². The van der Waals surface area contributed by atoms with Crippen LogP contribution >= 0.6 is 11.6 Å². The molecule has 4 rings (SSSR count). The Balaban J connectivity index is 1.48. The Kier molecular flexibility index (Phi) is 6.47. The first kappa shape index (κ1) is 23.2. The number of rotatable bonds is 7. The monoisotopic (exact) mass is 478 g/mol. The molecule has 1 amide bonds. The molecular formula is C24H23ClN6O3. The molecule has 2 aromatic carbocycles. The summed E-state index contributed by atoms with van der Waals surface area (Å²) in [6.07, 6.45) is 0. The average molecular weight is 479 g/mol. The number of nitro groups is 1. The van der Waals surface area contributed by atoms with Gasteiger partial charge in [-0.05, 0) is 56.2 Å². The van der Waals surface area contributed by atoms with Crippen LogP contribution in [0.4, 0.5) is 11.5 Å². The zero-order valence-electron chi connectivity index (χ0n) is 18.9. The van der Waals surface area contributed by atoms with Crippen LogP contribution in [0.2, 0.25) is 5.02 Å². The molecule has 0 aliphatic rings. The van der Waals surface area contributed by atoms with Crippen LogP contribution in [0.15, 0.2) is 54.6 Å². The van der Waals surface area contributed by atoms with Gasteiger partial charge in [-0.2, -0.15) is 10.2 Å². The number of amides is 1. The number of halogens is 1. The number of carbonyl (C=O) groups is 1. The summed E-state index contributed by atoms with van der Waals surface area (Å²) in [7, 11) is 0. The first-order valence-corrected chi connectivity index (χ1v) is 11.0. The van der Waals surface area contributed by atoms with Crippen molar-refractivity contribution in [3.05, 3.63) is 104 Å². The molecular weight excluding hydrogens is 456 g/mol. The minimum absolute atomic E-state index is 0.0117. The highest BCUT2D eigenvalue weighted by Crippen LogP contribution is 2.23. The Morgan fingerprint density at radius 1 is 1.00 bits per heavy atom. The molecule has 34 heavy (non-hydrogen) atoms. The molecule has 0 atom stereocenters. The van der Waals surface area contributed by atoms with Crippen molar-refractivity contribution in [1.29, 1.82) is 0 Å². The largest absolute Gasteiger partial charge is 0.312 e. The van der Waals surface area contributed by atoms with Gasteiger partial charge in [0.1, 0.15) is 11.4 Å². The predicted molar refractivity (Wildman–Crippen MR) is 129 cm³/mol. The van der Waals surface area contributed by atoms with E-state index in [0.29, 0.717) is 40.9 Å². The number of anilines is 1. The summed E-state index contributed by atoms with van der Waals surface area (Å²) < 4.78 is 3.37. The van der Waals surface area contributed by atoms with Gasteiger partial charge in [-0.25, -0.2) is 0 Å². The molecule has 0 fully saturated rings. The number of aryl methyl sites for hydroxylation is 2. The topological polar surface area (TPSA) is 108 Å². The van der Waals surface area contributed by atoms with Gasteiger partial charge >= 0.3 is 5.69 Å². The molecule has 4 aromatic rings. The third-order valence-corrected chi connectivity index (χ3v) is 5.73. The van der Waals surface area contributed by atoms with E-state index in [2.05, 4.69) is 15.5 Å². The van der Waals surface area contributed by atoms with Crippen molar-refractivity contribution < 1.29 is 9.72 Å². The van der Waals surface area contributed by atoms with E-state index in [0.717, 1.165) is 16.8 Å². The van der Waals surface area contributed by atoms with Crippen LogP contribution < -0.4 is 5.32 Å². The number of nitrogens with zero attached hydrogens (tertiary/aromatic N) is 5. The zero-order valence-corrected chi connectivity index (χ0v) is 19.7. The third kappa shape index (κ3) is 4.99. The molecule has 174 valence electrons. The molecule has 2 heterocycles. The summed E-state index contributed by atoms with van der Waals surface area (Å²) in [5.41, 5.74) is 4.01. The molecule has 0 unspecified atom stereocenters. The third-order valence-electron chi connectivity index (χ3n) is 5.49. The fourth-order valence-corrected chi connectivity index (χ4v) is 4.03. The Morgan fingerprint density at radius 3 is 2.35 bits per heavy atom. The second kappa shape index (κ2) is 9.48. The smallest absolute Gasteiger partial charge is 0.305 e. The summed E-state index contributed by atoms with van der Waals surface area (Å²) in [5.74, 6) is 0.151. The molecule has 0 aliphatic carbocycles. The van der Waals surface area contributed by atoms with E-state index in [4.69, 9.17) is 11.6 Å². The van der Waals surface area contributed by atoms with Crippen LogP contribution in [0.5, 0.6) is 0 Å². The zero-order chi connectivity index (χ0) is 24.4. The van der Waals surface area contributed by atoms with E-state index in [-0.39, 0.29) is 11.6 Å². The van der Waals surface area contributed by atoms with Gasteiger partial charge in [-0.1, -0.05) is 35.9 Å². The lowest BCUT2D eigenvalue weighted by Gasteiger charge is -2.07. The van der Waals surface area contributed by atoms with E-state index in [1.165, 1.54) is 0 Å². The van der Waals surface area contributed by atoms with Gasteiger partial charge in [-0.15, -0.1) is 0 Å². The number of carbonyl (C=O) groups excluding carboxylic acids is 1. The van der Waals surface area contributed by atoms with Crippen molar-refractivity contribution in [2.75, 3.05) is 5.32 Å². The minimum Gasteiger partial charge on any atom is -0.305 e. The molecule has 0 saturated heterocycles. The quantitative estimate of drug-likeness (QED) is 0.300. The summed E-state index contributed by atoms with van der Waals surface area (Å²) >= 11 is 6.07. The minimum atomic E-state index is -0.425. The molecule has 1 N–H and O–H groups in total. The highest BCUT2D eigenvalue weighted by atomic mass is 35.5. The van der Waals surface area contributed by atoms with E-state index < -0.39 is 4.92 Å². The van der Waals surface area contributed by atoms with E-state index in [9.17, 15) is 14.9 Å². The Morgan fingerprint density at radius 2 is 1.68 bits per heavy atom. The van der Waals surface area contributed by atoms with Crippen LogP contribution in [0, 0.1) is 30.9 Å². The first-order valence-electron chi connectivity index (χ1n) is 10.6. The van der Waals surface area contributed by atoms with Crippen LogP contribution in [-0.2, 0) is 13.1 Å². The van der Waals surface area contributed by atoms with Crippen molar-refractivity contribution in [2.45, 2.75) is 33.9 Å². The highest BCUT2D eigenvalue weighted by Gasteiger charge is 2.22. The van der Waals surface area contributed by atoms with Crippen LogP contribution in [0.25, 0.3) is 0 Å². The van der Waals surface area contributed by atoms with Crippen LogP contribution in [-0.4, -0.2) is 30.4 Å². The van der Waals surface area contributed by atoms with Crippen molar-refractivity contribution in [1.82, 2.24) is 19.6 Å². The SMILES string of the molecule is Cc1nn(Cc2cccc(C(=O)Nc3cc(C)n(Cc4cccc(Cl)c4)n3)c2)c(C)c1[N+](=O)[O-]. The lowest BCUT2D eigenvalue weighted by atomic mass is 10.1. The van der Waals surface area contributed by atoms with Gasteiger partial charge in [0.25, 0.3) is 5.91 Å². The predicted octanol–water partition coefficient (Wildman–Crippen LogP) is 4.92. The van der Waals surface area contributed by atoms with Gasteiger partial charge in [-0.3, -0.25) is 24.3 Å². The molecule has 0 saturated carbocycles. The maximum atomic E-state index is 12.9. The molecule has 0 radical (unpaired) electrons. The van der Waals surface area contributed by atoms with Crippen LogP contribution in [0.1, 0.15) is 38.6 Å². The second-order valence-corrected chi connectivity index (χ2v) is 8.48. The first-order chi connectivity index (χ1) is 16.2. The van der Waals surface area contributed by atoms with E-state index in [1.54, 1.807) is 47.5 Å². The number of hydrogen-bond donors (Lipinski definition) is 1. The Hall–Kier alpha value is -3.98. The second-order valence-electron chi connectivity index (χ2n) is 8.05. The lowest BCUT2D eigenvalue weighted by Crippen LogP contribution is -2.14. The molecule has 0 bridgehead atoms.